The van der Waals surface area contributed by atoms with E-state index < -0.39 is 5.60 Å². The molecule has 3 rings (SSSR count). The third-order valence-electron chi connectivity index (χ3n) is 6.05. The summed E-state index contributed by atoms with van der Waals surface area (Å²) in [7, 11) is 0. The number of carbonyl (C=O) groups excluding carboxylic acids is 2. The Kier molecular flexibility index (Phi) is 8.79. The second kappa shape index (κ2) is 11.5. The molecule has 1 fully saturated rings. The second-order valence-electron chi connectivity index (χ2n) is 9.98. The number of piperidine rings is 1. The summed E-state index contributed by atoms with van der Waals surface area (Å²) in [5.41, 5.74) is 0.137. The van der Waals surface area contributed by atoms with Gasteiger partial charge in [0.15, 0.2) is 0 Å². The number of likely N-dealkylation sites (tertiary alicyclic amines) is 1. The molecule has 32 heavy (non-hydrogen) atoms. The Hall–Kier alpha value is -2.28. The fourth-order valence-electron chi connectivity index (χ4n) is 4.34. The van der Waals surface area contributed by atoms with Crippen LogP contribution >= 0.6 is 0 Å². The third kappa shape index (κ3) is 7.69. The lowest BCUT2D eigenvalue weighted by Gasteiger charge is -2.34. The highest BCUT2D eigenvalue weighted by atomic mass is 16.6. The molecule has 2 aliphatic rings. The van der Waals surface area contributed by atoms with Crippen LogP contribution < -0.4 is 15.4 Å². The summed E-state index contributed by atoms with van der Waals surface area (Å²) < 4.78 is 11.4. The molecule has 7 nitrogen and oxygen atoms in total. The van der Waals surface area contributed by atoms with Crippen LogP contribution in [0.1, 0.15) is 63.2 Å². The molecular formula is C25H39N3O4. The van der Waals surface area contributed by atoms with Gasteiger partial charge in [0.2, 0.25) is 0 Å². The summed E-state index contributed by atoms with van der Waals surface area (Å²) in [4.78, 5) is 27.0. The first-order chi connectivity index (χ1) is 15.3. The first-order valence-corrected chi connectivity index (χ1v) is 12.0. The maximum absolute atomic E-state index is 12.8. The van der Waals surface area contributed by atoms with Crippen molar-refractivity contribution in [3.8, 4) is 5.75 Å². The average molecular weight is 446 g/mol. The van der Waals surface area contributed by atoms with Crippen molar-refractivity contribution in [1.29, 1.82) is 0 Å². The summed E-state index contributed by atoms with van der Waals surface area (Å²) in [5, 5.41) is 6.69. The maximum atomic E-state index is 12.8. The number of para-hydroxylation sites is 1. The highest BCUT2D eigenvalue weighted by molar-refractivity contribution is 5.96. The smallest absolute Gasteiger partial charge is 0.410 e. The molecule has 0 spiro atoms. The van der Waals surface area contributed by atoms with Crippen LogP contribution in [-0.2, 0) is 4.74 Å². The fraction of sp³-hybridized carbons (Fsp3) is 0.680. The molecule has 0 radical (unpaired) electrons. The number of hydrogen-bond donors (Lipinski definition) is 2. The number of carbonyl (C=O) groups is 2. The zero-order chi connectivity index (χ0) is 23.0. The molecule has 1 unspecified atom stereocenters. The predicted molar refractivity (Wildman–Crippen MR) is 125 cm³/mol. The van der Waals surface area contributed by atoms with Gasteiger partial charge in [-0.25, -0.2) is 4.79 Å². The van der Waals surface area contributed by atoms with E-state index in [-0.39, 0.29) is 12.0 Å². The highest BCUT2D eigenvalue weighted by Crippen LogP contribution is 2.26. The van der Waals surface area contributed by atoms with Gasteiger partial charge >= 0.3 is 6.09 Å². The lowest BCUT2D eigenvalue weighted by Crippen LogP contribution is -2.43. The number of hydrogen-bond acceptors (Lipinski definition) is 5. The van der Waals surface area contributed by atoms with Crippen LogP contribution in [-0.4, -0.2) is 61.8 Å². The van der Waals surface area contributed by atoms with Gasteiger partial charge in [-0.3, -0.25) is 4.79 Å². The summed E-state index contributed by atoms with van der Waals surface area (Å²) >= 11 is 0. The van der Waals surface area contributed by atoms with Crippen molar-refractivity contribution < 1.29 is 19.1 Å². The molecule has 2 aliphatic heterocycles. The van der Waals surface area contributed by atoms with E-state index in [1.165, 1.54) is 0 Å². The van der Waals surface area contributed by atoms with E-state index in [9.17, 15) is 9.59 Å². The van der Waals surface area contributed by atoms with Crippen LogP contribution in [0.2, 0.25) is 0 Å². The van der Waals surface area contributed by atoms with Gasteiger partial charge in [-0.2, -0.15) is 0 Å². The number of amides is 2. The Labute approximate surface area is 192 Å². The number of benzene rings is 1. The normalized spacial score (nSPS) is 21.8. The van der Waals surface area contributed by atoms with Gasteiger partial charge in [0, 0.05) is 19.6 Å². The SMILES string of the molecule is CC(C)(C)OC(=O)N1CCC(CC2CNCCCCOc3ccccc3C(=O)NC2)CC1. The first kappa shape index (κ1) is 24.4. The number of fused-ring (bicyclic) bond motifs is 1. The Morgan fingerprint density at radius 3 is 2.62 bits per heavy atom. The number of ether oxygens (including phenoxy) is 2. The topological polar surface area (TPSA) is 79.9 Å². The molecule has 2 amide bonds. The number of rotatable bonds is 2. The quantitative estimate of drug-likeness (QED) is 0.723. The Morgan fingerprint density at radius 1 is 1.12 bits per heavy atom. The minimum atomic E-state index is -0.464. The second-order valence-corrected chi connectivity index (χ2v) is 9.98. The van der Waals surface area contributed by atoms with Crippen LogP contribution in [0, 0.1) is 11.8 Å². The van der Waals surface area contributed by atoms with E-state index >= 15 is 0 Å². The summed E-state index contributed by atoms with van der Waals surface area (Å²) in [6.45, 7) is 10.2. The minimum absolute atomic E-state index is 0.0791. The van der Waals surface area contributed by atoms with Crippen molar-refractivity contribution in [2.24, 2.45) is 11.8 Å². The van der Waals surface area contributed by atoms with Crippen molar-refractivity contribution in [1.82, 2.24) is 15.5 Å². The summed E-state index contributed by atoms with van der Waals surface area (Å²) in [6, 6.07) is 7.46. The van der Waals surface area contributed by atoms with E-state index in [0.717, 1.165) is 58.3 Å². The van der Waals surface area contributed by atoms with Crippen molar-refractivity contribution in [3.05, 3.63) is 29.8 Å². The summed E-state index contributed by atoms with van der Waals surface area (Å²) in [5.74, 6) is 1.47. The molecule has 1 saturated heterocycles. The molecule has 0 bridgehead atoms. The molecule has 0 aliphatic carbocycles. The van der Waals surface area contributed by atoms with Crippen LogP contribution in [0.4, 0.5) is 4.79 Å². The van der Waals surface area contributed by atoms with Crippen molar-refractivity contribution in [2.45, 2.75) is 58.5 Å². The van der Waals surface area contributed by atoms with Crippen molar-refractivity contribution >= 4 is 12.0 Å². The molecule has 0 aromatic heterocycles. The zero-order valence-corrected chi connectivity index (χ0v) is 19.8. The predicted octanol–water partition coefficient (Wildman–Crippen LogP) is 3.83. The monoisotopic (exact) mass is 445 g/mol. The largest absolute Gasteiger partial charge is 0.493 e. The molecule has 2 N–H and O–H groups in total. The summed E-state index contributed by atoms with van der Waals surface area (Å²) in [6.07, 6.45) is 4.77. The van der Waals surface area contributed by atoms with E-state index in [2.05, 4.69) is 10.6 Å². The van der Waals surface area contributed by atoms with E-state index in [1.54, 1.807) is 0 Å². The molecule has 0 saturated carbocycles. The van der Waals surface area contributed by atoms with Crippen LogP contribution in [0.5, 0.6) is 5.75 Å². The zero-order valence-electron chi connectivity index (χ0n) is 19.8. The molecule has 178 valence electrons. The lowest BCUT2D eigenvalue weighted by molar-refractivity contribution is 0.0175. The molecule has 7 heteroatoms. The van der Waals surface area contributed by atoms with Crippen molar-refractivity contribution in [2.75, 3.05) is 39.3 Å². The van der Waals surface area contributed by atoms with Gasteiger partial charge < -0.3 is 25.0 Å². The Balaban J connectivity index is 1.54. The minimum Gasteiger partial charge on any atom is -0.493 e. The molecular weight excluding hydrogens is 406 g/mol. The van der Waals surface area contributed by atoms with Crippen LogP contribution in [0.3, 0.4) is 0 Å². The van der Waals surface area contributed by atoms with Gasteiger partial charge in [0.05, 0.1) is 12.2 Å². The van der Waals surface area contributed by atoms with E-state index in [4.69, 9.17) is 9.47 Å². The van der Waals surface area contributed by atoms with Gasteiger partial charge in [-0.05, 0) is 89.9 Å². The van der Waals surface area contributed by atoms with Crippen LogP contribution in [0.25, 0.3) is 0 Å². The molecule has 1 aromatic carbocycles. The standard InChI is InChI=1S/C25H39N3O4/c1-25(2,3)32-24(30)28-13-10-19(11-14-28)16-20-17-26-12-6-7-15-31-22-9-5-4-8-21(22)23(29)27-18-20/h4-5,8-9,19-20,26H,6-7,10-18H2,1-3H3,(H,27,29). The molecule has 2 heterocycles. The van der Waals surface area contributed by atoms with E-state index in [0.29, 0.717) is 36.3 Å². The first-order valence-electron chi connectivity index (χ1n) is 12.0. The fourth-order valence-corrected chi connectivity index (χ4v) is 4.34. The Morgan fingerprint density at radius 2 is 1.88 bits per heavy atom. The average Bonchev–Trinajstić information content (AvgIpc) is 2.76. The van der Waals surface area contributed by atoms with Crippen LogP contribution in [0.15, 0.2) is 24.3 Å². The maximum Gasteiger partial charge on any atom is 0.410 e. The van der Waals surface area contributed by atoms with Crippen molar-refractivity contribution in [3.63, 3.8) is 0 Å². The number of nitrogens with one attached hydrogen (secondary N) is 2. The lowest BCUT2D eigenvalue weighted by atomic mass is 9.87. The molecule has 1 atom stereocenters. The number of nitrogens with zero attached hydrogens (tertiary/aromatic N) is 1. The van der Waals surface area contributed by atoms with Gasteiger partial charge in [-0.15, -0.1) is 0 Å². The molecule has 1 aromatic rings. The van der Waals surface area contributed by atoms with Gasteiger partial charge in [0.25, 0.3) is 5.91 Å². The van der Waals surface area contributed by atoms with Gasteiger partial charge in [-0.1, -0.05) is 12.1 Å². The van der Waals surface area contributed by atoms with Gasteiger partial charge in [0.1, 0.15) is 11.4 Å². The third-order valence-corrected chi connectivity index (χ3v) is 6.05. The highest BCUT2D eigenvalue weighted by Gasteiger charge is 2.28. The Bertz CT molecular complexity index is 754. The van der Waals surface area contributed by atoms with E-state index in [1.807, 2.05) is 49.9 Å².